The Morgan fingerprint density at radius 2 is 1.65 bits per heavy atom. The number of carbonyl (C=O) groups excluding carboxylic acids is 2. The third-order valence-electron chi connectivity index (χ3n) is 6.05. The third-order valence-corrected chi connectivity index (χ3v) is 6.05. The molecule has 1 aromatic heterocycles. The Hall–Kier alpha value is -3.99. The van der Waals surface area contributed by atoms with Gasteiger partial charge in [0.1, 0.15) is 6.04 Å². The number of carbonyl (C=O) groups is 2. The molecule has 0 saturated carbocycles. The quantitative estimate of drug-likeness (QED) is 0.413. The summed E-state index contributed by atoms with van der Waals surface area (Å²) in [5.74, 6) is -0.463. The highest BCUT2D eigenvalue weighted by Gasteiger charge is 2.22. The molecule has 0 bridgehead atoms. The number of hydrogen-bond acceptors (Lipinski definition) is 3. The molecular formula is C29H29N3O2. The van der Waals surface area contributed by atoms with E-state index in [4.69, 9.17) is 0 Å². The van der Waals surface area contributed by atoms with Gasteiger partial charge in [0.05, 0.1) is 0 Å². The van der Waals surface area contributed by atoms with E-state index in [1.807, 2.05) is 68.4 Å². The largest absolute Gasteiger partial charge is 0.354 e. The van der Waals surface area contributed by atoms with Crippen molar-refractivity contribution in [2.45, 2.75) is 32.7 Å². The standard InChI is InChI=1S/C29H29N3O2/c1-20-10-12-25(17-21(20)2)28(33)32-27(29(34)31-16-14-26-9-5-6-15-30-26)19-22-11-13-23-7-3-4-8-24(23)18-22/h3-13,15,17-18,27H,14,16,19H2,1-2H3,(H,31,34)(H,32,33)/t27-/m1/s1. The first-order chi connectivity index (χ1) is 16.5. The number of benzene rings is 3. The van der Waals surface area contributed by atoms with Crippen LogP contribution in [0.2, 0.25) is 0 Å². The van der Waals surface area contributed by atoms with E-state index in [1.54, 1.807) is 12.3 Å². The van der Waals surface area contributed by atoms with Crippen LogP contribution in [0.4, 0.5) is 0 Å². The zero-order valence-electron chi connectivity index (χ0n) is 19.5. The predicted octanol–water partition coefficient (Wildman–Crippen LogP) is 4.55. The van der Waals surface area contributed by atoms with Crippen molar-refractivity contribution in [3.63, 3.8) is 0 Å². The fourth-order valence-electron chi connectivity index (χ4n) is 3.92. The predicted molar refractivity (Wildman–Crippen MR) is 136 cm³/mol. The molecular weight excluding hydrogens is 422 g/mol. The van der Waals surface area contributed by atoms with Gasteiger partial charge in [-0.15, -0.1) is 0 Å². The summed E-state index contributed by atoms with van der Waals surface area (Å²) < 4.78 is 0. The topological polar surface area (TPSA) is 71.1 Å². The number of rotatable bonds is 8. The number of nitrogens with zero attached hydrogens (tertiary/aromatic N) is 1. The lowest BCUT2D eigenvalue weighted by Gasteiger charge is -2.19. The molecule has 0 radical (unpaired) electrons. The van der Waals surface area contributed by atoms with E-state index >= 15 is 0 Å². The lowest BCUT2D eigenvalue weighted by atomic mass is 10.0. The van der Waals surface area contributed by atoms with Gasteiger partial charge in [0.15, 0.2) is 0 Å². The van der Waals surface area contributed by atoms with Crippen molar-refractivity contribution >= 4 is 22.6 Å². The smallest absolute Gasteiger partial charge is 0.251 e. The molecule has 5 nitrogen and oxygen atoms in total. The van der Waals surface area contributed by atoms with Crippen LogP contribution in [-0.4, -0.2) is 29.4 Å². The zero-order chi connectivity index (χ0) is 23.9. The van der Waals surface area contributed by atoms with E-state index in [0.717, 1.165) is 33.2 Å². The van der Waals surface area contributed by atoms with Gasteiger partial charge in [0, 0.05) is 36.8 Å². The Kier molecular flexibility index (Phi) is 7.33. The molecule has 0 fully saturated rings. The molecule has 34 heavy (non-hydrogen) atoms. The van der Waals surface area contributed by atoms with Crippen LogP contribution in [0.25, 0.3) is 10.8 Å². The van der Waals surface area contributed by atoms with E-state index in [-0.39, 0.29) is 11.8 Å². The Morgan fingerprint density at radius 1 is 0.853 bits per heavy atom. The molecule has 0 saturated heterocycles. The molecule has 4 rings (SSSR count). The number of pyridine rings is 1. The van der Waals surface area contributed by atoms with Gasteiger partial charge in [-0.25, -0.2) is 0 Å². The average Bonchev–Trinajstić information content (AvgIpc) is 2.85. The fourth-order valence-corrected chi connectivity index (χ4v) is 3.92. The first kappa shape index (κ1) is 23.2. The molecule has 2 N–H and O–H groups in total. The average molecular weight is 452 g/mol. The van der Waals surface area contributed by atoms with Crippen molar-refractivity contribution in [3.8, 4) is 0 Å². The molecule has 2 amide bonds. The SMILES string of the molecule is Cc1ccc(C(=O)N[C@H](Cc2ccc3ccccc3c2)C(=O)NCCc2ccccn2)cc1C. The molecule has 1 heterocycles. The summed E-state index contributed by atoms with van der Waals surface area (Å²) in [5, 5.41) is 8.18. The maximum atomic E-state index is 13.1. The highest BCUT2D eigenvalue weighted by molar-refractivity contribution is 5.98. The molecule has 1 atom stereocenters. The lowest BCUT2D eigenvalue weighted by Crippen LogP contribution is -2.48. The molecule has 0 aliphatic heterocycles. The van der Waals surface area contributed by atoms with Gasteiger partial charge in [-0.1, -0.05) is 54.6 Å². The minimum atomic E-state index is -0.695. The van der Waals surface area contributed by atoms with Crippen molar-refractivity contribution < 1.29 is 9.59 Å². The summed E-state index contributed by atoms with van der Waals surface area (Å²) >= 11 is 0. The minimum absolute atomic E-state index is 0.207. The Balaban J connectivity index is 1.50. The van der Waals surface area contributed by atoms with Crippen molar-refractivity contribution in [2.24, 2.45) is 0 Å². The van der Waals surface area contributed by atoms with E-state index in [9.17, 15) is 9.59 Å². The van der Waals surface area contributed by atoms with Crippen molar-refractivity contribution in [1.29, 1.82) is 0 Å². The van der Waals surface area contributed by atoms with Crippen LogP contribution in [0.15, 0.2) is 85.1 Å². The van der Waals surface area contributed by atoms with Crippen LogP contribution in [0, 0.1) is 13.8 Å². The molecule has 5 heteroatoms. The molecule has 4 aromatic rings. The first-order valence-electron chi connectivity index (χ1n) is 11.5. The van der Waals surface area contributed by atoms with Crippen LogP contribution >= 0.6 is 0 Å². The van der Waals surface area contributed by atoms with Crippen molar-refractivity contribution in [1.82, 2.24) is 15.6 Å². The van der Waals surface area contributed by atoms with Gasteiger partial charge >= 0.3 is 0 Å². The van der Waals surface area contributed by atoms with E-state index in [1.165, 1.54) is 0 Å². The van der Waals surface area contributed by atoms with Gasteiger partial charge in [-0.3, -0.25) is 14.6 Å². The summed E-state index contributed by atoms with van der Waals surface area (Å²) in [6.07, 6.45) is 2.76. The van der Waals surface area contributed by atoms with Crippen LogP contribution in [0.5, 0.6) is 0 Å². The summed E-state index contributed by atoms with van der Waals surface area (Å²) in [6.45, 7) is 4.43. The molecule has 3 aromatic carbocycles. The van der Waals surface area contributed by atoms with Gasteiger partial charge in [-0.05, 0) is 65.6 Å². The Morgan fingerprint density at radius 3 is 2.41 bits per heavy atom. The number of fused-ring (bicyclic) bond motifs is 1. The maximum absolute atomic E-state index is 13.1. The zero-order valence-corrected chi connectivity index (χ0v) is 19.5. The van der Waals surface area contributed by atoms with Crippen LogP contribution in [0.3, 0.4) is 0 Å². The maximum Gasteiger partial charge on any atom is 0.251 e. The van der Waals surface area contributed by atoms with Gasteiger partial charge in [-0.2, -0.15) is 0 Å². The van der Waals surface area contributed by atoms with Crippen LogP contribution in [-0.2, 0) is 17.6 Å². The second-order valence-corrected chi connectivity index (χ2v) is 8.57. The number of aryl methyl sites for hydroxylation is 2. The fraction of sp³-hybridized carbons (Fsp3) is 0.207. The molecule has 0 unspecified atom stereocenters. The number of amides is 2. The molecule has 0 aliphatic carbocycles. The minimum Gasteiger partial charge on any atom is -0.354 e. The Labute approximate surface area is 200 Å². The molecule has 0 aliphatic rings. The summed E-state index contributed by atoms with van der Waals surface area (Å²) in [4.78, 5) is 30.5. The van der Waals surface area contributed by atoms with Crippen LogP contribution in [0.1, 0.15) is 32.7 Å². The summed E-state index contributed by atoms with van der Waals surface area (Å²) in [5.41, 5.74) is 4.61. The number of nitrogens with one attached hydrogen (secondary N) is 2. The molecule has 172 valence electrons. The van der Waals surface area contributed by atoms with E-state index in [2.05, 4.69) is 33.8 Å². The van der Waals surface area contributed by atoms with Gasteiger partial charge in [0.25, 0.3) is 5.91 Å². The van der Waals surface area contributed by atoms with E-state index < -0.39 is 6.04 Å². The summed E-state index contributed by atoms with van der Waals surface area (Å²) in [6, 6.07) is 24.8. The van der Waals surface area contributed by atoms with Crippen LogP contribution < -0.4 is 10.6 Å². The lowest BCUT2D eigenvalue weighted by molar-refractivity contribution is -0.122. The number of hydrogen-bond donors (Lipinski definition) is 2. The van der Waals surface area contributed by atoms with Gasteiger partial charge in [0.2, 0.25) is 5.91 Å². The van der Waals surface area contributed by atoms with E-state index in [0.29, 0.717) is 24.9 Å². The second-order valence-electron chi connectivity index (χ2n) is 8.57. The van der Waals surface area contributed by atoms with Crippen molar-refractivity contribution in [2.75, 3.05) is 6.54 Å². The normalized spacial score (nSPS) is 11.7. The highest BCUT2D eigenvalue weighted by atomic mass is 16.2. The monoisotopic (exact) mass is 451 g/mol. The highest BCUT2D eigenvalue weighted by Crippen LogP contribution is 2.17. The Bertz CT molecular complexity index is 1300. The summed E-state index contributed by atoms with van der Waals surface area (Å²) in [7, 11) is 0. The first-order valence-corrected chi connectivity index (χ1v) is 11.5. The van der Waals surface area contributed by atoms with Gasteiger partial charge < -0.3 is 10.6 Å². The second kappa shape index (κ2) is 10.8. The third kappa shape index (κ3) is 5.87. The molecule has 0 spiro atoms. The van der Waals surface area contributed by atoms with Crippen molar-refractivity contribution in [3.05, 3.63) is 113 Å². The number of aromatic nitrogens is 1.